The van der Waals surface area contributed by atoms with Crippen LogP contribution in [0.3, 0.4) is 0 Å². The zero-order valence-corrected chi connectivity index (χ0v) is 15.5. The number of anilines is 2. The minimum Gasteiger partial charge on any atom is -0.324 e. The third kappa shape index (κ3) is 4.61. The van der Waals surface area contributed by atoms with Gasteiger partial charge in [-0.25, -0.2) is 4.39 Å². The zero-order chi connectivity index (χ0) is 19.3. The van der Waals surface area contributed by atoms with Gasteiger partial charge in [-0.3, -0.25) is 14.7 Å². The summed E-state index contributed by atoms with van der Waals surface area (Å²) in [5, 5.41) is 11.1. The van der Waals surface area contributed by atoms with Gasteiger partial charge in [0.25, 0.3) is 5.56 Å². The molecule has 0 bridgehead atoms. The molecule has 0 amide bonds. The predicted octanol–water partition coefficient (Wildman–Crippen LogP) is 3.23. The van der Waals surface area contributed by atoms with Crippen LogP contribution in [0.15, 0.2) is 53.3 Å². The summed E-state index contributed by atoms with van der Waals surface area (Å²) in [7, 11) is 0. The molecule has 0 spiro atoms. The first-order valence-electron chi connectivity index (χ1n) is 9.44. The fourth-order valence-electron chi connectivity index (χ4n) is 3.36. The maximum Gasteiger partial charge on any atom is 0.274 e. The summed E-state index contributed by atoms with van der Waals surface area (Å²) in [6.45, 7) is 3.30. The van der Waals surface area contributed by atoms with E-state index < -0.39 is 0 Å². The van der Waals surface area contributed by atoms with Gasteiger partial charge in [0.05, 0.1) is 0 Å². The van der Waals surface area contributed by atoms with Gasteiger partial charge < -0.3 is 5.32 Å². The number of aromatic nitrogens is 3. The van der Waals surface area contributed by atoms with Gasteiger partial charge in [0, 0.05) is 18.7 Å². The van der Waals surface area contributed by atoms with E-state index >= 15 is 0 Å². The van der Waals surface area contributed by atoms with E-state index in [1.165, 1.54) is 43.6 Å². The van der Waals surface area contributed by atoms with E-state index in [9.17, 15) is 9.18 Å². The Bertz CT molecular complexity index is 979. The number of halogens is 1. The van der Waals surface area contributed by atoms with Crippen LogP contribution in [0.25, 0.3) is 0 Å². The summed E-state index contributed by atoms with van der Waals surface area (Å²) in [6.07, 6.45) is 2.86. The number of aromatic amines is 1. The third-order valence-corrected chi connectivity index (χ3v) is 4.87. The number of nitrogens with one attached hydrogen (secondary N) is 2. The molecule has 1 saturated heterocycles. The Morgan fingerprint density at radius 3 is 2.32 bits per heavy atom. The number of hydrogen-bond donors (Lipinski definition) is 2. The summed E-state index contributed by atoms with van der Waals surface area (Å²) in [6, 6.07) is 14.1. The molecular formula is C21H22FN5O. The molecule has 6 nitrogen and oxygen atoms in total. The fraction of sp³-hybridized carbons (Fsp3) is 0.286. The molecule has 144 valence electrons. The highest BCUT2D eigenvalue weighted by molar-refractivity contribution is 5.53. The normalized spacial score (nSPS) is 14.3. The summed E-state index contributed by atoms with van der Waals surface area (Å²) in [5.41, 5.74) is 2.88. The minimum atomic E-state index is -0.313. The van der Waals surface area contributed by atoms with Crippen LogP contribution in [0.1, 0.15) is 29.7 Å². The maximum absolute atomic E-state index is 13.0. The van der Waals surface area contributed by atoms with Crippen molar-refractivity contribution in [2.24, 2.45) is 0 Å². The van der Waals surface area contributed by atoms with Crippen LogP contribution in [-0.4, -0.2) is 33.2 Å². The Hall–Kier alpha value is -3.06. The summed E-state index contributed by atoms with van der Waals surface area (Å²) < 4.78 is 13.0. The van der Waals surface area contributed by atoms with Crippen LogP contribution in [-0.2, 0) is 13.0 Å². The predicted molar refractivity (Wildman–Crippen MR) is 106 cm³/mol. The number of H-pyrrole nitrogens is 1. The first-order valence-corrected chi connectivity index (χ1v) is 9.44. The highest BCUT2D eigenvalue weighted by Gasteiger charge is 2.11. The second-order valence-corrected chi connectivity index (χ2v) is 7.06. The quantitative estimate of drug-likeness (QED) is 0.688. The molecule has 1 fully saturated rings. The van der Waals surface area contributed by atoms with Crippen molar-refractivity contribution in [3.8, 4) is 0 Å². The number of hydrogen-bond acceptors (Lipinski definition) is 5. The monoisotopic (exact) mass is 379 g/mol. The second kappa shape index (κ2) is 8.31. The average Bonchev–Trinajstić information content (AvgIpc) is 3.20. The molecule has 0 saturated carbocycles. The first kappa shape index (κ1) is 18.3. The van der Waals surface area contributed by atoms with E-state index in [0.29, 0.717) is 12.4 Å². The van der Waals surface area contributed by atoms with Crippen molar-refractivity contribution in [2.75, 3.05) is 18.4 Å². The number of benzene rings is 2. The van der Waals surface area contributed by atoms with Crippen molar-refractivity contribution in [3.05, 3.63) is 81.5 Å². The van der Waals surface area contributed by atoms with Crippen molar-refractivity contribution < 1.29 is 4.39 Å². The summed E-state index contributed by atoms with van der Waals surface area (Å²) in [4.78, 5) is 17.4. The van der Waals surface area contributed by atoms with Gasteiger partial charge >= 0.3 is 0 Å². The number of nitrogens with zero attached hydrogens (tertiary/aromatic N) is 3. The SMILES string of the molecule is O=c1[nH]c(Nc2ccc(CN3CCCC3)cc2)nnc1Cc1ccc(F)cc1. The van der Waals surface area contributed by atoms with Crippen LogP contribution in [0.4, 0.5) is 16.0 Å². The standard InChI is InChI=1S/C21H22FN5O/c22-17-7-3-15(4-8-17)13-19-20(28)24-21(26-25-19)23-18-9-5-16(6-10-18)14-27-11-1-2-12-27/h3-10H,1-2,11-14H2,(H2,23,24,26,28). The van der Waals surface area contributed by atoms with Crippen molar-refractivity contribution in [2.45, 2.75) is 25.8 Å². The molecule has 2 N–H and O–H groups in total. The molecule has 4 rings (SSSR count). The van der Waals surface area contributed by atoms with E-state index in [1.54, 1.807) is 12.1 Å². The van der Waals surface area contributed by atoms with Gasteiger partial charge in [-0.15, -0.1) is 10.2 Å². The van der Waals surface area contributed by atoms with Gasteiger partial charge in [-0.05, 0) is 61.3 Å². The minimum absolute atomic E-state index is 0.290. The molecule has 0 radical (unpaired) electrons. The van der Waals surface area contributed by atoms with Gasteiger partial charge in [-0.1, -0.05) is 24.3 Å². The van der Waals surface area contributed by atoms with Crippen LogP contribution in [0, 0.1) is 5.82 Å². The molecule has 0 atom stereocenters. The smallest absolute Gasteiger partial charge is 0.274 e. The molecule has 0 unspecified atom stereocenters. The lowest BCUT2D eigenvalue weighted by Crippen LogP contribution is -2.19. The molecule has 2 heterocycles. The Kier molecular flexibility index (Phi) is 5.43. The first-order chi connectivity index (χ1) is 13.7. The molecule has 2 aromatic carbocycles. The van der Waals surface area contributed by atoms with E-state index in [-0.39, 0.29) is 17.1 Å². The average molecular weight is 379 g/mol. The van der Waals surface area contributed by atoms with Gasteiger partial charge in [-0.2, -0.15) is 0 Å². The second-order valence-electron chi connectivity index (χ2n) is 7.06. The number of rotatable bonds is 6. The highest BCUT2D eigenvalue weighted by Crippen LogP contribution is 2.16. The fourth-order valence-corrected chi connectivity index (χ4v) is 3.36. The zero-order valence-electron chi connectivity index (χ0n) is 15.5. The van der Waals surface area contributed by atoms with E-state index in [2.05, 4.69) is 37.5 Å². The molecule has 1 aliphatic rings. The highest BCUT2D eigenvalue weighted by atomic mass is 19.1. The van der Waals surface area contributed by atoms with E-state index in [0.717, 1.165) is 17.8 Å². The van der Waals surface area contributed by atoms with Crippen molar-refractivity contribution in [3.63, 3.8) is 0 Å². The lowest BCUT2D eigenvalue weighted by Gasteiger charge is -2.14. The number of likely N-dealkylation sites (tertiary alicyclic amines) is 1. The summed E-state index contributed by atoms with van der Waals surface area (Å²) >= 11 is 0. The van der Waals surface area contributed by atoms with Crippen molar-refractivity contribution >= 4 is 11.6 Å². The third-order valence-electron chi connectivity index (χ3n) is 4.87. The molecule has 28 heavy (non-hydrogen) atoms. The molecular weight excluding hydrogens is 357 g/mol. The largest absolute Gasteiger partial charge is 0.324 e. The van der Waals surface area contributed by atoms with Crippen molar-refractivity contribution in [1.82, 2.24) is 20.1 Å². The Balaban J connectivity index is 1.40. The topological polar surface area (TPSA) is 73.9 Å². The van der Waals surface area contributed by atoms with Crippen LogP contribution >= 0.6 is 0 Å². The Labute approximate surface area is 162 Å². The molecule has 7 heteroatoms. The van der Waals surface area contributed by atoms with Gasteiger partial charge in [0.1, 0.15) is 11.5 Å². The van der Waals surface area contributed by atoms with Gasteiger partial charge in [0.15, 0.2) is 0 Å². The van der Waals surface area contributed by atoms with E-state index in [4.69, 9.17) is 0 Å². The van der Waals surface area contributed by atoms with Crippen LogP contribution in [0.2, 0.25) is 0 Å². The van der Waals surface area contributed by atoms with E-state index in [1.807, 2.05) is 12.1 Å². The summed E-state index contributed by atoms with van der Waals surface area (Å²) in [5.74, 6) is -0.0186. The molecule has 1 aromatic heterocycles. The Morgan fingerprint density at radius 1 is 0.964 bits per heavy atom. The lowest BCUT2D eigenvalue weighted by molar-refractivity contribution is 0.331. The molecule has 3 aromatic rings. The van der Waals surface area contributed by atoms with Crippen LogP contribution in [0.5, 0.6) is 0 Å². The van der Waals surface area contributed by atoms with Crippen LogP contribution < -0.4 is 10.9 Å². The maximum atomic E-state index is 13.0. The van der Waals surface area contributed by atoms with Gasteiger partial charge in [0.2, 0.25) is 5.95 Å². The Morgan fingerprint density at radius 2 is 1.64 bits per heavy atom. The lowest BCUT2D eigenvalue weighted by atomic mass is 10.1. The molecule has 1 aliphatic heterocycles. The van der Waals surface area contributed by atoms with Crippen molar-refractivity contribution in [1.29, 1.82) is 0 Å². The molecule has 0 aliphatic carbocycles.